The number of aryl methyl sites for hydroxylation is 1. The molecule has 1 amide bonds. The van der Waals surface area contributed by atoms with Gasteiger partial charge in [-0.2, -0.15) is 0 Å². The predicted octanol–water partition coefficient (Wildman–Crippen LogP) is 3.95. The number of fused-ring (bicyclic) bond motifs is 3. The van der Waals surface area contributed by atoms with E-state index in [1.54, 1.807) is 44.6 Å². The van der Waals surface area contributed by atoms with Gasteiger partial charge in [0, 0.05) is 11.6 Å². The molecule has 0 unspecified atom stereocenters. The number of allylic oxidation sites excluding steroid dienone is 3. The van der Waals surface area contributed by atoms with Crippen molar-refractivity contribution in [3.63, 3.8) is 0 Å². The van der Waals surface area contributed by atoms with Crippen molar-refractivity contribution in [3.8, 4) is 28.4 Å². The van der Waals surface area contributed by atoms with Crippen molar-refractivity contribution in [1.82, 2.24) is 5.32 Å². The van der Waals surface area contributed by atoms with Crippen molar-refractivity contribution in [2.24, 2.45) is 0 Å². The Labute approximate surface area is 216 Å². The van der Waals surface area contributed by atoms with Gasteiger partial charge in [-0.1, -0.05) is 24.3 Å². The van der Waals surface area contributed by atoms with Crippen molar-refractivity contribution >= 4 is 17.8 Å². The van der Waals surface area contributed by atoms with Crippen LogP contribution < -0.4 is 19.5 Å². The van der Waals surface area contributed by atoms with Crippen LogP contribution in [0.3, 0.4) is 0 Å². The Balaban J connectivity index is 2.02. The van der Waals surface area contributed by atoms with Crippen molar-refractivity contribution in [3.05, 3.63) is 65.3 Å². The Bertz CT molecular complexity index is 1230. The zero-order valence-electron chi connectivity index (χ0n) is 21.6. The van der Waals surface area contributed by atoms with Crippen molar-refractivity contribution in [2.75, 3.05) is 35.0 Å². The molecule has 0 aliphatic heterocycles. The Morgan fingerprint density at radius 2 is 1.76 bits per heavy atom. The molecule has 2 aromatic carbocycles. The number of hydrogen-bond acceptors (Lipinski definition) is 8. The second-order valence-corrected chi connectivity index (χ2v) is 8.12. The highest BCUT2D eigenvalue weighted by Gasteiger charge is 2.30. The fraction of sp³-hybridized carbons (Fsp3) is 0.321. The van der Waals surface area contributed by atoms with Crippen LogP contribution in [-0.2, 0) is 25.5 Å². The summed E-state index contributed by atoms with van der Waals surface area (Å²) >= 11 is 0. The molecule has 1 N–H and O–H groups in total. The highest BCUT2D eigenvalue weighted by Crippen LogP contribution is 2.50. The molecule has 37 heavy (non-hydrogen) atoms. The van der Waals surface area contributed by atoms with Crippen LogP contribution in [0.1, 0.15) is 40.9 Å². The van der Waals surface area contributed by atoms with Gasteiger partial charge in [0.25, 0.3) is 5.91 Å². The Hall–Kier alpha value is -4.27. The molecule has 0 spiro atoms. The first-order valence-corrected chi connectivity index (χ1v) is 11.7. The van der Waals surface area contributed by atoms with Crippen LogP contribution in [-0.4, -0.2) is 52.9 Å². The Morgan fingerprint density at radius 1 is 1.00 bits per heavy atom. The number of rotatable bonds is 9. The summed E-state index contributed by atoms with van der Waals surface area (Å²) in [5, 5.41) is 2.94. The standard InChI is InChI=1S/C28H31NO8/c1-6-7-8-9-24(31)37-16-23(30)29-21-13-11-17-15-22(33-2)26(34-3)27(35-4)25(17)19-12-10-18(14-20(19)21)28(32)36-5/h6-10,12,14-15,21H,11,13,16H2,1-5H3,(H,29,30)/b7-6+,9-8+/t21-/m0/s1. The fourth-order valence-electron chi connectivity index (χ4n) is 4.29. The summed E-state index contributed by atoms with van der Waals surface area (Å²) < 4.78 is 26.8. The molecule has 9 heteroatoms. The second kappa shape index (κ2) is 12.6. The molecular formula is C28H31NO8. The zero-order chi connectivity index (χ0) is 26.9. The topological polar surface area (TPSA) is 109 Å². The smallest absolute Gasteiger partial charge is 0.337 e. The van der Waals surface area contributed by atoms with Gasteiger partial charge in [-0.05, 0) is 54.7 Å². The van der Waals surface area contributed by atoms with E-state index in [0.717, 1.165) is 16.7 Å². The minimum Gasteiger partial charge on any atom is -0.493 e. The maximum atomic E-state index is 12.8. The predicted molar refractivity (Wildman–Crippen MR) is 137 cm³/mol. The second-order valence-electron chi connectivity index (χ2n) is 8.12. The van der Waals surface area contributed by atoms with Gasteiger partial charge in [-0.3, -0.25) is 4.79 Å². The molecule has 3 rings (SSSR count). The van der Waals surface area contributed by atoms with Gasteiger partial charge >= 0.3 is 11.9 Å². The van der Waals surface area contributed by atoms with Gasteiger partial charge in [0.05, 0.1) is 40.0 Å². The van der Waals surface area contributed by atoms with E-state index < -0.39 is 30.5 Å². The van der Waals surface area contributed by atoms with Gasteiger partial charge in [0.2, 0.25) is 5.75 Å². The maximum Gasteiger partial charge on any atom is 0.337 e. The van der Waals surface area contributed by atoms with E-state index in [1.165, 1.54) is 26.4 Å². The average molecular weight is 510 g/mol. The number of nitrogens with one attached hydrogen (secondary N) is 1. The summed E-state index contributed by atoms with van der Waals surface area (Å²) in [6, 6.07) is 6.55. The van der Waals surface area contributed by atoms with Gasteiger partial charge in [0.1, 0.15) is 0 Å². The summed E-state index contributed by atoms with van der Waals surface area (Å²) in [5.74, 6) is -0.159. The highest BCUT2D eigenvalue weighted by atomic mass is 16.5. The van der Waals surface area contributed by atoms with Gasteiger partial charge < -0.3 is 29.0 Å². The van der Waals surface area contributed by atoms with Crippen LogP contribution in [0.5, 0.6) is 17.2 Å². The lowest BCUT2D eigenvalue weighted by Crippen LogP contribution is -2.32. The first-order chi connectivity index (χ1) is 17.9. The van der Waals surface area contributed by atoms with Crippen LogP contribution in [0.25, 0.3) is 11.1 Å². The van der Waals surface area contributed by atoms with Gasteiger partial charge in [0.15, 0.2) is 18.1 Å². The molecule has 0 radical (unpaired) electrons. The number of benzene rings is 2. The number of carbonyl (C=O) groups is 3. The van der Waals surface area contributed by atoms with Crippen molar-refractivity contribution in [1.29, 1.82) is 0 Å². The molecule has 0 saturated carbocycles. The van der Waals surface area contributed by atoms with Crippen LogP contribution in [0.4, 0.5) is 0 Å². The zero-order valence-corrected chi connectivity index (χ0v) is 21.6. The third kappa shape index (κ3) is 6.11. The van der Waals surface area contributed by atoms with E-state index >= 15 is 0 Å². The molecule has 0 fully saturated rings. The van der Waals surface area contributed by atoms with E-state index in [-0.39, 0.29) is 0 Å². The molecule has 0 aromatic heterocycles. The highest BCUT2D eigenvalue weighted by molar-refractivity contribution is 5.92. The van der Waals surface area contributed by atoms with Crippen molar-refractivity contribution < 1.29 is 38.1 Å². The number of amides is 1. The average Bonchev–Trinajstić information content (AvgIpc) is 3.06. The minimum absolute atomic E-state index is 0.337. The van der Waals surface area contributed by atoms with Gasteiger partial charge in [-0.25, -0.2) is 9.59 Å². The number of carbonyl (C=O) groups excluding carboxylic acids is 3. The Kier molecular flexibility index (Phi) is 9.32. The summed E-state index contributed by atoms with van der Waals surface area (Å²) in [5.41, 5.74) is 3.50. The Morgan fingerprint density at radius 3 is 2.41 bits per heavy atom. The molecule has 1 atom stereocenters. The third-order valence-electron chi connectivity index (χ3n) is 5.95. The first-order valence-electron chi connectivity index (χ1n) is 11.7. The maximum absolute atomic E-state index is 12.8. The molecule has 0 saturated heterocycles. The quantitative estimate of drug-likeness (QED) is 0.308. The molecule has 2 aromatic rings. The molecule has 0 heterocycles. The lowest BCUT2D eigenvalue weighted by atomic mass is 9.92. The summed E-state index contributed by atoms with van der Waals surface area (Å²) in [6.45, 7) is 1.37. The van der Waals surface area contributed by atoms with Crippen LogP contribution in [0.2, 0.25) is 0 Å². The van der Waals surface area contributed by atoms with Crippen LogP contribution in [0.15, 0.2) is 48.6 Å². The lowest BCUT2D eigenvalue weighted by Gasteiger charge is -2.21. The number of ether oxygens (including phenoxy) is 5. The number of esters is 2. The number of methoxy groups -OCH3 is 4. The van der Waals surface area contributed by atoms with Crippen LogP contribution in [0, 0.1) is 0 Å². The minimum atomic E-state index is -0.626. The summed E-state index contributed by atoms with van der Waals surface area (Å²) in [4.78, 5) is 36.9. The molecule has 1 aliphatic rings. The molecule has 9 nitrogen and oxygen atoms in total. The van der Waals surface area contributed by atoms with Crippen LogP contribution >= 0.6 is 0 Å². The molecule has 196 valence electrons. The SMILES string of the molecule is C/C=C/C=C/C(=O)OCC(=O)N[C@H]1CCc2cc(OC)c(OC)c(OC)c2-c2ccc(C(=O)OC)cc21. The first kappa shape index (κ1) is 27.3. The van der Waals surface area contributed by atoms with Crippen molar-refractivity contribution in [2.45, 2.75) is 25.8 Å². The summed E-state index contributed by atoms with van der Waals surface area (Å²) in [7, 11) is 5.93. The van der Waals surface area contributed by atoms with E-state index in [4.69, 9.17) is 23.7 Å². The monoisotopic (exact) mass is 509 g/mol. The van der Waals surface area contributed by atoms with E-state index in [0.29, 0.717) is 41.2 Å². The fourth-order valence-corrected chi connectivity index (χ4v) is 4.29. The van der Waals surface area contributed by atoms with Gasteiger partial charge in [-0.15, -0.1) is 0 Å². The third-order valence-corrected chi connectivity index (χ3v) is 5.95. The van der Waals surface area contributed by atoms with E-state index in [1.807, 2.05) is 13.0 Å². The summed E-state index contributed by atoms with van der Waals surface area (Å²) in [6.07, 6.45) is 7.28. The largest absolute Gasteiger partial charge is 0.493 e. The molecule has 0 bridgehead atoms. The normalized spacial score (nSPS) is 14.4. The van der Waals surface area contributed by atoms with E-state index in [2.05, 4.69) is 5.32 Å². The molecular weight excluding hydrogens is 478 g/mol. The lowest BCUT2D eigenvalue weighted by molar-refractivity contribution is -0.144. The van der Waals surface area contributed by atoms with E-state index in [9.17, 15) is 14.4 Å². The number of hydrogen-bond donors (Lipinski definition) is 1. The molecule has 1 aliphatic carbocycles.